The SMILES string of the molecule is C/C(=N\S(=O)C(C)(C)C)C(C)(C)C. The Morgan fingerprint density at radius 3 is 1.69 bits per heavy atom. The van der Waals surface area contributed by atoms with E-state index >= 15 is 0 Å². The molecule has 0 heterocycles. The van der Waals surface area contributed by atoms with Crippen molar-refractivity contribution in [2.75, 3.05) is 0 Å². The van der Waals surface area contributed by atoms with Crippen molar-refractivity contribution < 1.29 is 4.21 Å². The number of rotatable bonds is 1. The van der Waals surface area contributed by atoms with Crippen LogP contribution in [0.15, 0.2) is 4.40 Å². The summed E-state index contributed by atoms with van der Waals surface area (Å²) in [7, 11) is -1.13. The van der Waals surface area contributed by atoms with Crippen LogP contribution in [-0.2, 0) is 11.0 Å². The van der Waals surface area contributed by atoms with Gasteiger partial charge in [-0.2, -0.15) is 4.40 Å². The first-order valence-corrected chi connectivity index (χ1v) is 5.63. The second-order valence-electron chi connectivity index (χ2n) is 5.29. The largest absolute Gasteiger partial charge is 0.234 e. The Morgan fingerprint density at radius 1 is 1.08 bits per heavy atom. The molecular formula is C10H21NOS. The van der Waals surface area contributed by atoms with E-state index in [0.717, 1.165) is 5.71 Å². The lowest BCUT2D eigenvalue weighted by Gasteiger charge is -2.20. The van der Waals surface area contributed by atoms with Crippen LogP contribution < -0.4 is 0 Å². The van der Waals surface area contributed by atoms with Gasteiger partial charge in [0.1, 0.15) is 11.0 Å². The predicted molar refractivity (Wildman–Crippen MR) is 60.5 cm³/mol. The molecule has 0 bridgehead atoms. The Kier molecular flexibility index (Phi) is 3.85. The molecule has 0 saturated carbocycles. The summed E-state index contributed by atoms with van der Waals surface area (Å²) in [4.78, 5) is 0. The van der Waals surface area contributed by atoms with E-state index in [4.69, 9.17) is 0 Å². The molecule has 1 atom stereocenters. The van der Waals surface area contributed by atoms with Gasteiger partial charge in [0, 0.05) is 11.1 Å². The smallest absolute Gasteiger partial charge is 0.144 e. The van der Waals surface area contributed by atoms with Crippen molar-refractivity contribution in [3.63, 3.8) is 0 Å². The monoisotopic (exact) mass is 203 g/mol. The fourth-order valence-corrected chi connectivity index (χ4v) is 1.19. The Balaban J connectivity index is 4.70. The molecule has 13 heavy (non-hydrogen) atoms. The van der Waals surface area contributed by atoms with Crippen molar-refractivity contribution in [3.8, 4) is 0 Å². The average Bonchev–Trinajstić information content (AvgIpc) is 1.82. The lowest BCUT2D eigenvalue weighted by atomic mass is 9.91. The summed E-state index contributed by atoms with van der Waals surface area (Å²) in [6, 6.07) is 0. The molecule has 0 rings (SSSR count). The van der Waals surface area contributed by atoms with Crippen molar-refractivity contribution in [3.05, 3.63) is 0 Å². The summed E-state index contributed by atoms with van der Waals surface area (Å²) >= 11 is 0. The molecule has 0 amide bonds. The van der Waals surface area contributed by atoms with Crippen LogP contribution in [0.5, 0.6) is 0 Å². The normalized spacial score (nSPS) is 17.3. The highest BCUT2D eigenvalue weighted by atomic mass is 32.2. The van der Waals surface area contributed by atoms with Crippen molar-refractivity contribution in [2.45, 2.75) is 53.2 Å². The van der Waals surface area contributed by atoms with Crippen molar-refractivity contribution in [1.29, 1.82) is 0 Å². The Morgan fingerprint density at radius 2 is 1.46 bits per heavy atom. The molecule has 0 aromatic heterocycles. The molecule has 0 aliphatic carbocycles. The molecule has 1 unspecified atom stereocenters. The maximum atomic E-state index is 11.6. The van der Waals surface area contributed by atoms with Gasteiger partial charge in [-0.15, -0.1) is 0 Å². The molecule has 2 nitrogen and oxygen atoms in total. The Bertz CT molecular complexity index is 230. The molecule has 0 saturated heterocycles. The van der Waals surface area contributed by atoms with Crippen molar-refractivity contribution >= 4 is 16.7 Å². The summed E-state index contributed by atoms with van der Waals surface area (Å²) in [6.07, 6.45) is 0. The highest BCUT2D eigenvalue weighted by molar-refractivity contribution is 7.85. The van der Waals surface area contributed by atoms with E-state index in [1.165, 1.54) is 0 Å². The van der Waals surface area contributed by atoms with Crippen LogP contribution in [-0.4, -0.2) is 14.7 Å². The lowest BCUT2D eigenvalue weighted by molar-refractivity contribution is 0.587. The lowest BCUT2D eigenvalue weighted by Crippen LogP contribution is -2.24. The van der Waals surface area contributed by atoms with Crippen LogP contribution in [0.2, 0.25) is 0 Å². The minimum atomic E-state index is -1.13. The number of hydrogen-bond donors (Lipinski definition) is 0. The van der Waals surface area contributed by atoms with Gasteiger partial charge in [0.2, 0.25) is 0 Å². The van der Waals surface area contributed by atoms with Gasteiger partial charge in [-0.05, 0) is 27.7 Å². The second-order valence-corrected chi connectivity index (χ2v) is 7.19. The maximum absolute atomic E-state index is 11.6. The highest BCUT2D eigenvalue weighted by Crippen LogP contribution is 2.19. The zero-order chi connectivity index (χ0) is 10.9. The van der Waals surface area contributed by atoms with Crippen LogP contribution in [0.4, 0.5) is 0 Å². The fourth-order valence-electron chi connectivity index (χ4n) is 0.398. The van der Waals surface area contributed by atoms with Gasteiger partial charge in [-0.3, -0.25) is 0 Å². The van der Waals surface area contributed by atoms with Gasteiger partial charge in [-0.1, -0.05) is 20.8 Å². The summed E-state index contributed by atoms with van der Waals surface area (Å²) in [6.45, 7) is 14.0. The van der Waals surface area contributed by atoms with Crippen molar-refractivity contribution in [1.82, 2.24) is 0 Å². The van der Waals surface area contributed by atoms with Crippen molar-refractivity contribution in [2.24, 2.45) is 9.81 Å². The molecule has 0 spiro atoms. The van der Waals surface area contributed by atoms with E-state index in [-0.39, 0.29) is 10.2 Å². The first kappa shape index (κ1) is 12.8. The van der Waals surface area contributed by atoms with Gasteiger partial charge in [0.15, 0.2) is 0 Å². The predicted octanol–water partition coefficient (Wildman–Crippen LogP) is 2.96. The van der Waals surface area contributed by atoms with E-state index in [2.05, 4.69) is 25.2 Å². The van der Waals surface area contributed by atoms with Crippen LogP contribution in [0.25, 0.3) is 0 Å². The van der Waals surface area contributed by atoms with Gasteiger partial charge >= 0.3 is 0 Å². The van der Waals surface area contributed by atoms with E-state index in [9.17, 15) is 4.21 Å². The highest BCUT2D eigenvalue weighted by Gasteiger charge is 2.22. The molecule has 0 aliphatic rings. The molecule has 0 fully saturated rings. The minimum Gasteiger partial charge on any atom is -0.234 e. The van der Waals surface area contributed by atoms with Crippen LogP contribution in [0, 0.1) is 5.41 Å². The fraction of sp³-hybridized carbons (Fsp3) is 0.900. The molecule has 0 N–H and O–H groups in total. The van der Waals surface area contributed by atoms with Gasteiger partial charge in [-0.25, -0.2) is 4.21 Å². The summed E-state index contributed by atoms with van der Waals surface area (Å²) in [5.41, 5.74) is 0.960. The van der Waals surface area contributed by atoms with E-state index in [1.807, 2.05) is 27.7 Å². The molecule has 0 aromatic rings. The first-order valence-electron chi connectivity index (χ1n) is 4.53. The third-order valence-electron chi connectivity index (χ3n) is 1.83. The second kappa shape index (κ2) is 3.91. The molecule has 0 radical (unpaired) electrons. The standard InChI is InChI=1S/C10H21NOS/c1-8(9(2,3)4)11-13(12)10(5,6)7/h1-7H3/b11-8+. The third kappa shape index (κ3) is 4.55. The molecule has 0 aromatic carbocycles. The summed E-state index contributed by atoms with van der Waals surface area (Å²) in [5, 5.41) is 0. The van der Waals surface area contributed by atoms with Gasteiger partial charge < -0.3 is 0 Å². The van der Waals surface area contributed by atoms with Gasteiger partial charge in [0.25, 0.3) is 0 Å². The van der Waals surface area contributed by atoms with E-state index < -0.39 is 11.0 Å². The van der Waals surface area contributed by atoms with Crippen LogP contribution in [0.3, 0.4) is 0 Å². The quantitative estimate of drug-likeness (QED) is 0.602. The summed E-state index contributed by atoms with van der Waals surface area (Å²) < 4.78 is 15.6. The first-order chi connectivity index (χ1) is 5.55. The van der Waals surface area contributed by atoms with Crippen LogP contribution >= 0.6 is 0 Å². The Hall–Kier alpha value is -0.180. The van der Waals surface area contributed by atoms with E-state index in [0.29, 0.717) is 0 Å². The van der Waals surface area contributed by atoms with Crippen LogP contribution in [0.1, 0.15) is 48.5 Å². The Labute approximate surface area is 84.4 Å². The molecular weight excluding hydrogens is 182 g/mol. The number of hydrogen-bond acceptors (Lipinski definition) is 1. The molecule has 0 aliphatic heterocycles. The maximum Gasteiger partial charge on any atom is 0.144 e. The zero-order valence-electron chi connectivity index (χ0n) is 9.76. The topological polar surface area (TPSA) is 29.4 Å². The summed E-state index contributed by atoms with van der Waals surface area (Å²) in [5.74, 6) is 0. The molecule has 3 heteroatoms. The molecule has 78 valence electrons. The van der Waals surface area contributed by atoms with E-state index in [1.54, 1.807) is 0 Å². The third-order valence-corrected chi connectivity index (χ3v) is 3.32. The van der Waals surface area contributed by atoms with Gasteiger partial charge in [0.05, 0.1) is 4.75 Å². The average molecular weight is 203 g/mol. The number of nitrogens with zero attached hydrogens (tertiary/aromatic N) is 1. The minimum absolute atomic E-state index is 0.0148. The zero-order valence-corrected chi connectivity index (χ0v) is 10.6.